The maximum absolute atomic E-state index is 5.43. The molecule has 1 atom stereocenters. The average molecular weight is 150 g/mol. The first-order valence-corrected chi connectivity index (χ1v) is 4.01. The number of benzene rings is 1. The fraction of sp³-hybridized carbons (Fsp3) is 0.400. The molecule has 0 heterocycles. The second kappa shape index (κ2) is 4.14. The summed E-state index contributed by atoms with van der Waals surface area (Å²) in [5.41, 5.74) is 1.24. The van der Waals surface area contributed by atoms with Gasteiger partial charge in [-0.25, -0.2) is 0 Å². The molecule has 1 aromatic carbocycles. The molecule has 1 heteroatoms. The van der Waals surface area contributed by atoms with Gasteiger partial charge in [0.25, 0.3) is 0 Å². The molecule has 0 spiro atoms. The van der Waals surface area contributed by atoms with Crippen LogP contribution in [-0.4, -0.2) is 6.61 Å². The minimum Gasteiger partial charge on any atom is -0.374 e. The van der Waals surface area contributed by atoms with Gasteiger partial charge >= 0.3 is 0 Å². The molecule has 0 bridgehead atoms. The van der Waals surface area contributed by atoms with Crippen LogP contribution in [0.4, 0.5) is 0 Å². The third kappa shape index (κ3) is 2.35. The standard InChI is InChI=1S/C10H14O/c1-3-11-9(2)10-7-5-4-6-8-10/h4-9H,3H2,1-2H3/t9-/m0/s1. The van der Waals surface area contributed by atoms with Crippen LogP contribution in [0.5, 0.6) is 0 Å². The van der Waals surface area contributed by atoms with E-state index in [2.05, 4.69) is 19.1 Å². The van der Waals surface area contributed by atoms with E-state index < -0.39 is 0 Å². The van der Waals surface area contributed by atoms with Gasteiger partial charge in [0.2, 0.25) is 0 Å². The van der Waals surface area contributed by atoms with E-state index in [1.54, 1.807) is 0 Å². The van der Waals surface area contributed by atoms with Crippen LogP contribution in [0.3, 0.4) is 0 Å². The first-order valence-electron chi connectivity index (χ1n) is 4.01. The van der Waals surface area contributed by atoms with Crippen molar-refractivity contribution in [2.45, 2.75) is 20.0 Å². The molecule has 1 rings (SSSR count). The number of hydrogen-bond acceptors (Lipinski definition) is 1. The number of rotatable bonds is 3. The highest BCUT2D eigenvalue weighted by Gasteiger charge is 2.01. The summed E-state index contributed by atoms with van der Waals surface area (Å²) in [7, 11) is 0. The molecule has 0 aliphatic rings. The van der Waals surface area contributed by atoms with Crippen LogP contribution in [0, 0.1) is 0 Å². The molecule has 1 aromatic rings. The van der Waals surface area contributed by atoms with Gasteiger partial charge in [-0.2, -0.15) is 0 Å². The van der Waals surface area contributed by atoms with Gasteiger partial charge in [-0.1, -0.05) is 30.3 Å². The SMILES string of the molecule is CCO[C@@H](C)c1ccccc1. The second-order valence-corrected chi connectivity index (χ2v) is 2.51. The van der Waals surface area contributed by atoms with Crippen LogP contribution in [0.1, 0.15) is 25.5 Å². The van der Waals surface area contributed by atoms with Crippen molar-refractivity contribution < 1.29 is 4.74 Å². The number of ether oxygens (including phenoxy) is 1. The summed E-state index contributed by atoms with van der Waals surface area (Å²) < 4.78 is 5.43. The van der Waals surface area contributed by atoms with Crippen molar-refractivity contribution in [1.29, 1.82) is 0 Å². The Kier molecular flexibility index (Phi) is 3.12. The molecule has 0 radical (unpaired) electrons. The van der Waals surface area contributed by atoms with Gasteiger partial charge in [0.15, 0.2) is 0 Å². The molecule has 0 aliphatic heterocycles. The van der Waals surface area contributed by atoms with Gasteiger partial charge in [-0.05, 0) is 19.4 Å². The molecule has 60 valence electrons. The third-order valence-corrected chi connectivity index (χ3v) is 1.69. The highest BCUT2D eigenvalue weighted by Crippen LogP contribution is 2.14. The third-order valence-electron chi connectivity index (χ3n) is 1.69. The molecule has 0 fully saturated rings. The monoisotopic (exact) mass is 150 g/mol. The van der Waals surface area contributed by atoms with E-state index in [1.165, 1.54) is 5.56 Å². The predicted octanol–water partition coefficient (Wildman–Crippen LogP) is 2.78. The average Bonchev–Trinajstić information content (AvgIpc) is 2.07. The van der Waals surface area contributed by atoms with E-state index >= 15 is 0 Å². The minimum absolute atomic E-state index is 0.223. The lowest BCUT2D eigenvalue weighted by Gasteiger charge is -2.10. The molecule has 0 saturated carbocycles. The van der Waals surface area contributed by atoms with Crippen LogP contribution in [0.25, 0.3) is 0 Å². The largest absolute Gasteiger partial charge is 0.374 e. The van der Waals surface area contributed by atoms with Crippen LogP contribution < -0.4 is 0 Å². The molecular weight excluding hydrogens is 136 g/mol. The molecule has 0 aliphatic carbocycles. The minimum atomic E-state index is 0.223. The number of hydrogen-bond donors (Lipinski definition) is 0. The topological polar surface area (TPSA) is 9.23 Å². The Morgan fingerprint density at radius 2 is 1.91 bits per heavy atom. The van der Waals surface area contributed by atoms with Crippen molar-refractivity contribution in [1.82, 2.24) is 0 Å². The molecule has 0 amide bonds. The van der Waals surface area contributed by atoms with Crippen molar-refractivity contribution in [2.75, 3.05) is 6.61 Å². The van der Waals surface area contributed by atoms with Crippen molar-refractivity contribution in [3.8, 4) is 0 Å². The van der Waals surface area contributed by atoms with E-state index in [9.17, 15) is 0 Å². The van der Waals surface area contributed by atoms with Crippen LogP contribution in [0.2, 0.25) is 0 Å². The van der Waals surface area contributed by atoms with E-state index in [-0.39, 0.29) is 6.10 Å². The summed E-state index contributed by atoms with van der Waals surface area (Å²) in [5.74, 6) is 0. The van der Waals surface area contributed by atoms with Gasteiger partial charge < -0.3 is 4.74 Å². The maximum atomic E-state index is 5.43. The molecule has 11 heavy (non-hydrogen) atoms. The van der Waals surface area contributed by atoms with E-state index in [0.717, 1.165) is 6.61 Å². The summed E-state index contributed by atoms with van der Waals surface area (Å²) in [5, 5.41) is 0. The Hall–Kier alpha value is -0.820. The zero-order valence-electron chi connectivity index (χ0n) is 7.08. The van der Waals surface area contributed by atoms with Crippen LogP contribution in [0.15, 0.2) is 30.3 Å². The first-order chi connectivity index (χ1) is 5.34. The zero-order chi connectivity index (χ0) is 8.10. The smallest absolute Gasteiger partial charge is 0.0796 e. The van der Waals surface area contributed by atoms with Gasteiger partial charge in [-0.3, -0.25) is 0 Å². The van der Waals surface area contributed by atoms with Crippen LogP contribution in [-0.2, 0) is 4.74 Å². The summed E-state index contributed by atoms with van der Waals surface area (Å²) in [6.07, 6.45) is 0.223. The molecular formula is C10H14O. The molecule has 0 N–H and O–H groups in total. The van der Waals surface area contributed by atoms with E-state index in [4.69, 9.17) is 4.74 Å². The second-order valence-electron chi connectivity index (χ2n) is 2.51. The first kappa shape index (κ1) is 8.28. The summed E-state index contributed by atoms with van der Waals surface area (Å²) >= 11 is 0. The normalized spacial score (nSPS) is 12.9. The lowest BCUT2D eigenvalue weighted by Crippen LogP contribution is -1.98. The summed E-state index contributed by atoms with van der Waals surface area (Å²) in [6, 6.07) is 10.2. The molecule has 0 aromatic heterocycles. The lowest BCUT2D eigenvalue weighted by molar-refractivity contribution is 0.0764. The lowest BCUT2D eigenvalue weighted by atomic mass is 10.1. The highest BCUT2D eigenvalue weighted by atomic mass is 16.5. The van der Waals surface area contributed by atoms with Crippen molar-refractivity contribution in [2.24, 2.45) is 0 Å². The van der Waals surface area contributed by atoms with E-state index in [0.29, 0.717) is 0 Å². The van der Waals surface area contributed by atoms with Crippen LogP contribution >= 0.6 is 0 Å². The molecule has 0 saturated heterocycles. The Morgan fingerprint density at radius 3 is 2.45 bits per heavy atom. The maximum Gasteiger partial charge on any atom is 0.0796 e. The fourth-order valence-electron chi connectivity index (χ4n) is 1.07. The Morgan fingerprint density at radius 1 is 1.27 bits per heavy atom. The van der Waals surface area contributed by atoms with Crippen molar-refractivity contribution >= 4 is 0 Å². The van der Waals surface area contributed by atoms with Gasteiger partial charge in [-0.15, -0.1) is 0 Å². The van der Waals surface area contributed by atoms with Crippen molar-refractivity contribution in [3.05, 3.63) is 35.9 Å². The van der Waals surface area contributed by atoms with E-state index in [1.807, 2.05) is 25.1 Å². The fourth-order valence-corrected chi connectivity index (χ4v) is 1.07. The predicted molar refractivity (Wildman–Crippen MR) is 46.5 cm³/mol. The summed E-state index contributed by atoms with van der Waals surface area (Å²) in [6.45, 7) is 4.86. The highest BCUT2D eigenvalue weighted by molar-refractivity contribution is 5.16. The quantitative estimate of drug-likeness (QED) is 0.643. The van der Waals surface area contributed by atoms with Gasteiger partial charge in [0.05, 0.1) is 6.10 Å². The molecule has 1 nitrogen and oxygen atoms in total. The zero-order valence-corrected chi connectivity index (χ0v) is 7.08. The summed E-state index contributed by atoms with van der Waals surface area (Å²) in [4.78, 5) is 0. The Labute approximate surface area is 68.0 Å². The van der Waals surface area contributed by atoms with Gasteiger partial charge in [0, 0.05) is 6.61 Å². The van der Waals surface area contributed by atoms with Crippen molar-refractivity contribution in [3.63, 3.8) is 0 Å². The Balaban J connectivity index is 2.61. The van der Waals surface area contributed by atoms with Gasteiger partial charge in [0.1, 0.15) is 0 Å². The Bertz CT molecular complexity index is 193. The molecule has 0 unspecified atom stereocenters.